The van der Waals surface area contributed by atoms with E-state index < -0.39 is 0 Å². The van der Waals surface area contributed by atoms with Gasteiger partial charge >= 0.3 is 0 Å². The van der Waals surface area contributed by atoms with Crippen LogP contribution in [-0.4, -0.2) is 12.5 Å². The van der Waals surface area contributed by atoms with Crippen molar-refractivity contribution < 1.29 is 4.79 Å². The van der Waals surface area contributed by atoms with Gasteiger partial charge in [-0.2, -0.15) is 0 Å². The number of likely N-dealkylation sites (N-methyl/N-ethyl adjacent to an activating group) is 1. The van der Waals surface area contributed by atoms with Crippen LogP contribution in [0.2, 0.25) is 0 Å². The summed E-state index contributed by atoms with van der Waals surface area (Å²) >= 11 is 0. The highest BCUT2D eigenvalue weighted by molar-refractivity contribution is 5.98. The average molecular weight is 281 g/mol. The Labute approximate surface area is 127 Å². The molecule has 0 spiro atoms. The van der Waals surface area contributed by atoms with E-state index in [9.17, 15) is 4.79 Å². The van der Waals surface area contributed by atoms with E-state index in [1.54, 1.807) is 0 Å². The Kier molecular flexibility index (Phi) is 5.15. The summed E-state index contributed by atoms with van der Waals surface area (Å²) in [7, 11) is 0. The number of amides is 1. The average Bonchev–Trinajstić information content (AvgIpc) is 2.52. The lowest BCUT2D eigenvalue weighted by Gasteiger charge is -2.27. The molecule has 2 rings (SSSR count). The van der Waals surface area contributed by atoms with Crippen LogP contribution in [0.1, 0.15) is 37.3 Å². The van der Waals surface area contributed by atoms with Crippen LogP contribution in [0.4, 0.5) is 5.69 Å². The molecular formula is C19H23NO. The van der Waals surface area contributed by atoms with E-state index in [0.29, 0.717) is 6.54 Å². The summed E-state index contributed by atoms with van der Waals surface area (Å²) in [4.78, 5) is 14.9. The Morgan fingerprint density at radius 1 is 1.00 bits per heavy atom. The number of aryl methyl sites for hydroxylation is 1. The number of nitrogens with zero attached hydrogens (tertiary/aromatic N) is 1. The molecule has 0 unspecified atom stereocenters. The number of hydrogen-bond donors (Lipinski definition) is 0. The molecule has 2 nitrogen and oxygen atoms in total. The van der Waals surface area contributed by atoms with Gasteiger partial charge in [0.2, 0.25) is 5.91 Å². The molecule has 1 amide bonds. The van der Waals surface area contributed by atoms with Crippen molar-refractivity contribution in [3.8, 4) is 0 Å². The number of carbonyl (C=O) groups is 1. The number of rotatable bonds is 5. The second-order valence-corrected chi connectivity index (χ2v) is 5.24. The van der Waals surface area contributed by atoms with Crippen LogP contribution in [-0.2, 0) is 4.79 Å². The molecule has 1 atom stereocenters. The number of hydrogen-bond acceptors (Lipinski definition) is 1. The van der Waals surface area contributed by atoms with Gasteiger partial charge in [0.05, 0.1) is 5.92 Å². The lowest BCUT2D eigenvalue weighted by atomic mass is 9.94. The molecule has 2 aromatic carbocycles. The zero-order valence-corrected chi connectivity index (χ0v) is 13.0. The normalized spacial score (nSPS) is 12.0. The summed E-state index contributed by atoms with van der Waals surface area (Å²) < 4.78 is 0. The number of carbonyl (C=O) groups excluding carboxylic acids is 1. The Hall–Kier alpha value is -2.09. The van der Waals surface area contributed by atoms with Crippen molar-refractivity contribution in [2.24, 2.45) is 0 Å². The third-order valence-electron chi connectivity index (χ3n) is 3.90. The molecule has 0 radical (unpaired) electrons. The predicted octanol–water partition coefficient (Wildman–Crippen LogP) is 4.54. The fourth-order valence-electron chi connectivity index (χ4n) is 2.74. The minimum atomic E-state index is -0.0780. The Balaban J connectivity index is 2.33. The minimum Gasteiger partial charge on any atom is -0.312 e. The van der Waals surface area contributed by atoms with Crippen LogP contribution in [0, 0.1) is 6.92 Å². The molecule has 0 bridgehead atoms. The Bertz CT molecular complexity index is 592. The molecule has 2 heteroatoms. The van der Waals surface area contributed by atoms with Gasteiger partial charge in [-0.3, -0.25) is 4.79 Å². The van der Waals surface area contributed by atoms with Crippen molar-refractivity contribution in [2.75, 3.05) is 11.4 Å². The van der Waals surface area contributed by atoms with Crippen LogP contribution in [0.25, 0.3) is 0 Å². The van der Waals surface area contributed by atoms with Gasteiger partial charge in [0.15, 0.2) is 0 Å². The van der Waals surface area contributed by atoms with Crippen LogP contribution in [0.3, 0.4) is 0 Å². The molecule has 0 aliphatic carbocycles. The van der Waals surface area contributed by atoms with Gasteiger partial charge in [-0.1, -0.05) is 55.5 Å². The van der Waals surface area contributed by atoms with E-state index in [4.69, 9.17) is 0 Å². The first kappa shape index (κ1) is 15.3. The van der Waals surface area contributed by atoms with Crippen LogP contribution < -0.4 is 4.90 Å². The zero-order chi connectivity index (χ0) is 15.2. The quantitative estimate of drug-likeness (QED) is 0.787. The van der Waals surface area contributed by atoms with Crippen molar-refractivity contribution in [3.63, 3.8) is 0 Å². The molecule has 0 aliphatic heterocycles. The minimum absolute atomic E-state index is 0.0780. The van der Waals surface area contributed by atoms with E-state index in [-0.39, 0.29) is 11.8 Å². The number of para-hydroxylation sites is 1. The van der Waals surface area contributed by atoms with Gasteiger partial charge in [-0.25, -0.2) is 0 Å². The maximum Gasteiger partial charge on any atom is 0.234 e. The molecule has 2 aromatic rings. The van der Waals surface area contributed by atoms with Crippen LogP contribution in [0.5, 0.6) is 0 Å². The summed E-state index contributed by atoms with van der Waals surface area (Å²) in [6.45, 7) is 6.84. The van der Waals surface area contributed by atoms with E-state index in [0.717, 1.165) is 23.2 Å². The summed E-state index contributed by atoms with van der Waals surface area (Å²) in [5.41, 5.74) is 3.24. The lowest BCUT2D eigenvalue weighted by Crippen LogP contribution is -2.35. The SMILES string of the molecule is CC[C@H](C(=O)N(CC)c1ccccc1C)c1ccccc1. The maximum absolute atomic E-state index is 13.0. The third-order valence-corrected chi connectivity index (χ3v) is 3.90. The molecule has 110 valence electrons. The van der Waals surface area contributed by atoms with Gasteiger partial charge in [0, 0.05) is 12.2 Å². The molecule has 0 fully saturated rings. The molecule has 21 heavy (non-hydrogen) atoms. The monoisotopic (exact) mass is 281 g/mol. The first-order valence-corrected chi connectivity index (χ1v) is 7.61. The number of benzene rings is 2. The van der Waals surface area contributed by atoms with E-state index in [1.165, 1.54) is 0 Å². The summed E-state index contributed by atoms with van der Waals surface area (Å²) in [6.07, 6.45) is 0.811. The van der Waals surface area contributed by atoms with Gasteiger partial charge in [0.25, 0.3) is 0 Å². The third kappa shape index (κ3) is 3.33. The summed E-state index contributed by atoms with van der Waals surface area (Å²) in [5, 5.41) is 0. The predicted molar refractivity (Wildman–Crippen MR) is 88.7 cm³/mol. The van der Waals surface area contributed by atoms with Crippen molar-refractivity contribution >= 4 is 11.6 Å². The largest absolute Gasteiger partial charge is 0.312 e. The number of anilines is 1. The van der Waals surface area contributed by atoms with Gasteiger partial charge in [-0.15, -0.1) is 0 Å². The molecule has 0 aliphatic rings. The zero-order valence-electron chi connectivity index (χ0n) is 13.0. The Morgan fingerprint density at radius 2 is 1.62 bits per heavy atom. The molecule has 0 saturated heterocycles. The standard InChI is InChI=1S/C19H23NO/c1-4-17(16-12-7-6-8-13-16)19(21)20(5-2)18-14-10-9-11-15(18)3/h6-14,17H,4-5H2,1-3H3/t17-/m0/s1. The van der Waals surface area contributed by atoms with Gasteiger partial charge in [-0.05, 0) is 37.5 Å². The smallest absolute Gasteiger partial charge is 0.234 e. The topological polar surface area (TPSA) is 20.3 Å². The van der Waals surface area contributed by atoms with Crippen molar-refractivity contribution in [1.29, 1.82) is 0 Å². The van der Waals surface area contributed by atoms with Gasteiger partial charge < -0.3 is 4.90 Å². The molecule has 0 N–H and O–H groups in total. The molecular weight excluding hydrogens is 258 g/mol. The molecule has 0 saturated carbocycles. The molecule has 0 aromatic heterocycles. The lowest BCUT2D eigenvalue weighted by molar-refractivity contribution is -0.120. The van der Waals surface area contributed by atoms with E-state index >= 15 is 0 Å². The highest BCUT2D eigenvalue weighted by atomic mass is 16.2. The second kappa shape index (κ2) is 7.07. The van der Waals surface area contributed by atoms with Crippen molar-refractivity contribution in [3.05, 3.63) is 65.7 Å². The fraction of sp³-hybridized carbons (Fsp3) is 0.316. The maximum atomic E-state index is 13.0. The Morgan fingerprint density at radius 3 is 2.19 bits per heavy atom. The van der Waals surface area contributed by atoms with Crippen LogP contribution >= 0.6 is 0 Å². The van der Waals surface area contributed by atoms with Crippen LogP contribution in [0.15, 0.2) is 54.6 Å². The van der Waals surface area contributed by atoms with Gasteiger partial charge in [0.1, 0.15) is 0 Å². The fourth-order valence-corrected chi connectivity index (χ4v) is 2.74. The summed E-state index contributed by atoms with van der Waals surface area (Å²) in [6, 6.07) is 18.1. The first-order valence-electron chi connectivity index (χ1n) is 7.61. The molecule has 0 heterocycles. The summed E-state index contributed by atoms with van der Waals surface area (Å²) in [5.74, 6) is 0.103. The van der Waals surface area contributed by atoms with E-state index in [2.05, 4.69) is 19.9 Å². The van der Waals surface area contributed by atoms with Crippen molar-refractivity contribution in [1.82, 2.24) is 0 Å². The highest BCUT2D eigenvalue weighted by Gasteiger charge is 2.25. The second-order valence-electron chi connectivity index (χ2n) is 5.24. The van der Waals surface area contributed by atoms with E-state index in [1.807, 2.05) is 60.4 Å². The van der Waals surface area contributed by atoms with Crippen molar-refractivity contribution in [2.45, 2.75) is 33.1 Å². The first-order chi connectivity index (χ1) is 10.2. The highest BCUT2D eigenvalue weighted by Crippen LogP contribution is 2.27.